The number of aryl methyl sites for hydroxylation is 2. The van der Waals surface area contributed by atoms with Gasteiger partial charge in [-0.25, -0.2) is 12.8 Å². The molecule has 2 saturated heterocycles. The fourth-order valence-corrected chi connectivity index (χ4v) is 6.49. The van der Waals surface area contributed by atoms with Gasteiger partial charge in [0.1, 0.15) is 17.1 Å². The first-order chi connectivity index (χ1) is 17.2. The van der Waals surface area contributed by atoms with E-state index in [1.807, 2.05) is 39.0 Å². The van der Waals surface area contributed by atoms with Gasteiger partial charge in [-0.1, -0.05) is 12.1 Å². The van der Waals surface area contributed by atoms with Gasteiger partial charge in [-0.3, -0.25) is 4.79 Å². The summed E-state index contributed by atoms with van der Waals surface area (Å²) in [6, 6.07) is 7.54. The number of rotatable bonds is 8. The highest BCUT2D eigenvalue weighted by Gasteiger charge is 2.60. The molecule has 2 aromatic carbocycles. The number of alkyl halides is 3. The molecule has 2 aliphatic heterocycles. The number of sulfonamides is 1. The van der Waals surface area contributed by atoms with Crippen LogP contribution in [0.1, 0.15) is 49.3 Å². The number of amides is 1. The van der Waals surface area contributed by atoms with E-state index in [9.17, 15) is 30.8 Å². The SMILES string of the molecule is Cc1ccc(C)c(OCCCC2(C)C(=O)N2C2CCN(S(=O)(=O)c3ccc(F)c(C(F)(F)F)c3)CC2)c1. The Labute approximate surface area is 214 Å². The number of benzene rings is 2. The Morgan fingerprint density at radius 3 is 2.41 bits per heavy atom. The third-order valence-corrected chi connectivity index (χ3v) is 9.13. The molecule has 37 heavy (non-hydrogen) atoms. The summed E-state index contributed by atoms with van der Waals surface area (Å²) < 4.78 is 85.6. The molecule has 2 aromatic rings. The molecule has 0 radical (unpaired) electrons. The number of piperidine rings is 1. The molecule has 0 spiro atoms. The van der Waals surface area contributed by atoms with E-state index in [0.717, 1.165) is 27.2 Å². The molecule has 11 heteroatoms. The third-order valence-electron chi connectivity index (χ3n) is 7.24. The Morgan fingerprint density at radius 1 is 1.08 bits per heavy atom. The lowest BCUT2D eigenvalue weighted by Gasteiger charge is -2.33. The summed E-state index contributed by atoms with van der Waals surface area (Å²) in [5, 5.41) is 0. The molecule has 2 aliphatic rings. The normalized spacial score (nSPS) is 21.4. The predicted molar refractivity (Wildman–Crippen MR) is 129 cm³/mol. The summed E-state index contributed by atoms with van der Waals surface area (Å²) >= 11 is 0. The topological polar surface area (TPSA) is 66.7 Å². The van der Waals surface area contributed by atoms with Crippen LogP contribution in [0.15, 0.2) is 41.3 Å². The highest BCUT2D eigenvalue weighted by atomic mass is 32.2. The molecule has 4 rings (SSSR count). The second-order valence-electron chi connectivity index (χ2n) is 9.94. The summed E-state index contributed by atoms with van der Waals surface area (Å²) in [4.78, 5) is 13.9. The van der Waals surface area contributed by atoms with E-state index in [-0.39, 0.29) is 25.0 Å². The van der Waals surface area contributed by atoms with E-state index in [4.69, 9.17) is 4.74 Å². The fourth-order valence-electron chi connectivity index (χ4n) is 4.99. The van der Waals surface area contributed by atoms with E-state index >= 15 is 0 Å². The average molecular weight is 543 g/mol. The Morgan fingerprint density at radius 2 is 1.76 bits per heavy atom. The summed E-state index contributed by atoms with van der Waals surface area (Å²) in [6.07, 6.45) is -2.99. The first kappa shape index (κ1) is 27.4. The number of hydrogen-bond acceptors (Lipinski definition) is 4. The quantitative estimate of drug-likeness (QED) is 0.265. The van der Waals surface area contributed by atoms with Crippen molar-refractivity contribution in [1.82, 2.24) is 9.21 Å². The molecule has 1 unspecified atom stereocenters. The van der Waals surface area contributed by atoms with Gasteiger partial charge in [0.05, 0.1) is 17.1 Å². The minimum Gasteiger partial charge on any atom is -0.493 e. The summed E-state index contributed by atoms with van der Waals surface area (Å²) in [5.74, 6) is -0.695. The third kappa shape index (κ3) is 5.47. The Bertz CT molecular complexity index is 1290. The lowest BCUT2D eigenvalue weighted by Crippen LogP contribution is -2.43. The molecular weight excluding hydrogens is 512 g/mol. The summed E-state index contributed by atoms with van der Waals surface area (Å²) in [5.41, 5.74) is -0.104. The van der Waals surface area contributed by atoms with Crippen molar-refractivity contribution in [3.8, 4) is 5.75 Å². The van der Waals surface area contributed by atoms with Crippen molar-refractivity contribution in [3.63, 3.8) is 0 Å². The lowest BCUT2D eigenvalue weighted by atomic mass is 10.0. The van der Waals surface area contributed by atoms with Crippen molar-refractivity contribution in [3.05, 3.63) is 58.9 Å². The number of carbonyl (C=O) groups is 1. The number of nitrogens with zero attached hydrogens (tertiary/aromatic N) is 2. The maximum atomic E-state index is 13.6. The molecule has 0 aliphatic carbocycles. The highest BCUT2D eigenvalue weighted by molar-refractivity contribution is 7.89. The molecule has 1 atom stereocenters. The largest absolute Gasteiger partial charge is 0.493 e. The Kier molecular flexibility index (Phi) is 7.33. The number of carbonyl (C=O) groups excluding carboxylic acids is 1. The van der Waals surface area contributed by atoms with Gasteiger partial charge in [0, 0.05) is 19.1 Å². The van der Waals surface area contributed by atoms with Crippen LogP contribution in [0.4, 0.5) is 17.6 Å². The van der Waals surface area contributed by atoms with E-state index in [2.05, 4.69) is 0 Å². The minimum atomic E-state index is -5.00. The van der Waals surface area contributed by atoms with Crippen molar-refractivity contribution in [1.29, 1.82) is 0 Å². The standard InChI is InChI=1S/C26H30F4N2O4S/c1-17-5-6-18(2)23(15-17)36-14-4-11-25(3)24(33)32(25)19-9-12-31(13-10-19)37(34,35)20-7-8-22(27)21(16-20)26(28,29)30/h5-8,15-16,19H,4,9-14H2,1-3H3. The number of ether oxygens (including phenoxy) is 1. The van der Waals surface area contributed by atoms with Gasteiger partial charge in [-0.15, -0.1) is 0 Å². The average Bonchev–Trinajstić information content (AvgIpc) is 3.38. The second kappa shape index (κ2) is 9.90. The lowest BCUT2D eigenvalue weighted by molar-refractivity contribution is -0.140. The van der Waals surface area contributed by atoms with Crippen molar-refractivity contribution >= 4 is 15.9 Å². The summed E-state index contributed by atoms with van der Waals surface area (Å²) in [7, 11) is -4.24. The first-order valence-electron chi connectivity index (χ1n) is 12.2. The van der Waals surface area contributed by atoms with Crippen LogP contribution in [0.3, 0.4) is 0 Å². The molecule has 0 N–H and O–H groups in total. The number of halogens is 4. The molecule has 0 saturated carbocycles. The highest BCUT2D eigenvalue weighted by Crippen LogP contribution is 2.43. The maximum absolute atomic E-state index is 13.6. The van der Waals surface area contributed by atoms with Crippen LogP contribution in [0.25, 0.3) is 0 Å². The zero-order valence-corrected chi connectivity index (χ0v) is 21.8. The van der Waals surface area contributed by atoms with Crippen LogP contribution in [-0.4, -0.2) is 54.8 Å². The fraction of sp³-hybridized carbons (Fsp3) is 0.500. The van der Waals surface area contributed by atoms with Crippen LogP contribution in [0, 0.1) is 19.7 Å². The van der Waals surface area contributed by atoms with Gasteiger partial charge < -0.3 is 9.64 Å². The molecule has 0 bridgehead atoms. The van der Waals surface area contributed by atoms with Crippen molar-refractivity contribution in [2.75, 3.05) is 19.7 Å². The monoisotopic (exact) mass is 542 g/mol. The second-order valence-corrected chi connectivity index (χ2v) is 11.9. The molecule has 0 aromatic heterocycles. The Balaban J connectivity index is 1.32. The van der Waals surface area contributed by atoms with Crippen molar-refractivity contribution in [2.45, 2.75) is 69.1 Å². The zero-order valence-electron chi connectivity index (χ0n) is 20.9. The zero-order chi connectivity index (χ0) is 27.2. The van der Waals surface area contributed by atoms with E-state index in [1.165, 1.54) is 0 Å². The van der Waals surface area contributed by atoms with Crippen LogP contribution in [-0.2, 0) is 21.0 Å². The maximum Gasteiger partial charge on any atom is 0.419 e. The van der Waals surface area contributed by atoms with Crippen LogP contribution in [0.5, 0.6) is 5.75 Å². The molecule has 202 valence electrons. The molecular formula is C26H30F4N2O4S. The minimum absolute atomic E-state index is 0.00824. The van der Waals surface area contributed by atoms with Crippen molar-refractivity contribution < 1.29 is 35.5 Å². The van der Waals surface area contributed by atoms with Gasteiger partial charge >= 0.3 is 6.18 Å². The Hall–Kier alpha value is -2.66. The van der Waals surface area contributed by atoms with Gasteiger partial charge in [-0.2, -0.15) is 17.5 Å². The molecule has 2 heterocycles. The molecule has 6 nitrogen and oxygen atoms in total. The molecule has 1 amide bonds. The summed E-state index contributed by atoms with van der Waals surface area (Å²) in [6.45, 7) is 6.41. The number of hydrogen-bond donors (Lipinski definition) is 0. The van der Waals surface area contributed by atoms with Gasteiger partial charge in [0.2, 0.25) is 15.9 Å². The van der Waals surface area contributed by atoms with Crippen LogP contribution >= 0.6 is 0 Å². The first-order valence-corrected chi connectivity index (χ1v) is 13.6. The van der Waals surface area contributed by atoms with Crippen molar-refractivity contribution in [2.24, 2.45) is 0 Å². The van der Waals surface area contributed by atoms with Crippen LogP contribution < -0.4 is 4.74 Å². The molecule has 2 fully saturated rings. The van der Waals surface area contributed by atoms with Gasteiger partial charge in [0.15, 0.2) is 0 Å². The van der Waals surface area contributed by atoms with E-state index in [1.54, 1.807) is 4.90 Å². The van der Waals surface area contributed by atoms with E-state index in [0.29, 0.717) is 44.4 Å². The van der Waals surface area contributed by atoms with Crippen LogP contribution in [0.2, 0.25) is 0 Å². The van der Waals surface area contributed by atoms with E-state index < -0.39 is 38.0 Å². The van der Waals surface area contributed by atoms with Gasteiger partial charge in [-0.05, 0) is 81.8 Å². The van der Waals surface area contributed by atoms with Gasteiger partial charge in [0.25, 0.3) is 0 Å². The predicted octanol–water partition coefficient (Wildman–Crippen LogP) is 5.07. The smallest absolute Gasteiger partial charge is 0.419 e.